The second kappa shape index (κ2) is 8.00. The van der Waals surface area contributed by atoms with Crippen molar-refractivity contribution in [1.29, 1.82) is 0 Å². The van der Waals surface area contributed by atoms with Crippen molar-refractivity contribution in [3.8, 4) is 5.69 Å². The number of carbonyl (C=O) groups is 1. The van der Waals surface area contributed by atoms with Crippen LogP contribution in [-0.2, 0) is 4.74 Å². The number of nitrogens with one attached hydrogen (secondary N) is 1. The number of rotatable bonds is 5. The summed E-state index contributed by atoms with van der Waals surface area (Å²) < 4.78 is 7.20. The van der Waals surface area contributed by atoms with Gasteiger partial charge in [-0.15, -0.1) is 0 Å². The van der Waals surface area contributed by atoms with E-state index >= 15 is 0 Å². The minimum absolute atomic E-state index is 0.0747. The van der Waals surface area contributed by atoms with Gasteiger partial charge in [0.25, 0.3) is 5.91 Å². The number of amides is 1. The molecule has 27 heavy (non-hydrogen) atoms. The largest absolute Gasteiger partial charge is 0.379 e. The Morgan fingerprint density at radius 3 is 2.41 bits per heavy atom. The Labute approximate surface area is 165 Å². The number of ether oxygens (including phenoxy) is 1. The summed E-state index contributed by atoms with van der Waals surface area (Å²) in [6, 6.07) is 7.41. The lowest BCUT2D eigenvalue weighted by Gasteiger charge is -2.40. The topological polar surface area (TPSA) is 59.4 Å². The molecule has 7 heteroatoms. The van der Waals surface area contributed by atoms with Gasteiger partial charge in [0.1, 0.15) is 0 Å². The van der Waals surface area contributed by atoms with E-state index in [-0.39, 0.29) is 11.4 Å². The van der Waals surface area contributed by atoms with E-state index in [1.807, 2.05) is 38.1 Å². The van der Waals surface area contributed by atoms with Gasteiger partial charge in [0, 0.05) is 30.7 Å². The molecule has 6 nitrogen and oxygen atoms in total. The third kappa shape index (κ3) is 4.34. The molecule has 1 saturated heterocycles. The average molecular weight is 391 g/mol. The number of nitrogens with zero attached hydrogens (tertiary/aromatic N) is 3. The van der Waals surface area contributed by atoms with Gasteiger partial charge in [-0.2, -0.15) is 5.10 Å². The van der Waals surface area contributed by atoms with Crippen molar-refractivity contribution in [2.45, 2.75) is 33.2 Å². The third-order valence-electron chi connectivity index (χ3n) is 5.13. The molecule has 146 valence electrons. The zero-order valence-corrected chi connectivity index (χ0v) is 17.1. The van der Waals surface area contributed by atoms with Gasteiger partial charge in [0.2, 0.25) is 0 Å². The first-order chi connectivity index (χ1) is 12.8. The molecule has 1 aliphatic heterocycles. The Morgan fingerprint density at radius 1 is 1.22 bits per heavy atom. The van der Waals surface area contributed by atoms with E-state index in [1.165, 1.54) is 0 Å². The highest BCUT2D eigenvalue weighted by atomic mass is 35.5. The number of hydrogen-bond donors (Lipinski definition) is 1. The summed E-state index contributed by atoms with van der Waals surface area (Å²) in [7, 11) is 0. The zero-order chi connectivity index (χ0) is 19.6. The van der Waals surface area contributed by atoms with Gasteiger partial charge in [-0.3, -0.25) is 9.69 Å². The fourth-order valence-corrected chi connectivity index (χ4v) is 3.43. The molecule has 2 aromatic rings. The van der Waals surface area contributed by atoms with Crippen LogP contribution >= 0.6 is 11.6 Å². The SMILES string of the molecule is Cc1nn(-c2ccc(C(=O)NCC(C)(C)N3CCOCC3)cc2)c(C)c1Cl. The number of benzene rings is 1. The predicted molar refractivity (Wildman–Crippen MR) is 107 cm³/mol. The highest BCUT2D eigenvalue weighted by Crippen LogP contribution is 2.22. The summed E-state index contributed by atoms with van der Waals surface area (Å²) in [6.07, 6.45) is 0. The van der Waals surface area contributed by atoms with Gasteiger partial charge in [0.15, 0.2) is 0 Å². The Kier molecular flexibility index (Phi) is 5.89. The number of carbonyl (C=O) groups excluding carboxylic acids is 1. The molecule has 1 amide bonds. The quantitative estimate of drug-likeness (QED) is 0.852. The Morgan fingerprint density at radius 2 is 1.85 bits per heavy atom. The first kappa shape index (κ1) is 19.9. The van der Waals surface area contributed by atoms with Gasteiger partial charge in [-0.25, -0.2) is 4.68 Å². The monoisotopic (exact) mass is 390 g/mol. The Balaban J connectivity index is 1.64. The zero-order valence-electron chi connectivity index (χ0n) is 16.4. The van der Waals surface area contributed by atoms with Crippen LogP contribution in [0.5, 0.6) is 0 Å². The van der Waals surface area contributed by atoms with Crippen molar-refractivity contribution >= 4 is 17.5 Å². The van der Waals surface area contributed by atoms with Crippen LogP contribution < -0.4 is 5.32 Å². The smallest absolute Gasteiger partial charge is 0.251 e. The molecule has 0 saturated carbocycles. The maximum absolute atomic E-state index is 12.5. The standard InChI is InChI=1S/C20H27ClN4O2/c1-14-18(21)15(2)25(23-14)17-7-5-16(6-8-17)19(26)22-13-20(3,4)24-9-11-27-12-10-24/h5-8H,9-13H2,1-4H3,(H,22,26). The van der Waals surface area contributed by atoms with E-state index in [9.17, 15) is 4.79 Å². The minimum Gasteiger partial charge on any atom is -0.379 e. The molecule has 0 bridgehead atoms. The lowest BCUT2D eigenvalue weighted by Crippen LogP contribution is -2.55. The second-order valence-corrected chi connectivity index (χ2v) is 7.92. The summed E-state index contributed by atoms with van der Waals surface area (Å²) in [5.41, 5.74) is 3.08. The number of halogens is 1. The summed E-state index contributed by atoms with van der Waals surface area (Å²) in [5.74, 6) is -0.0747. The summed E-state index contributed by atoms with van der Waals surface area (Å²) in [5, 5.41) is 8.17. The van der Waals surface area contributed by atoms with Crippen molar-refractivity contribution in [2.24, 2.45) is 0 Å². The van der Waals surface area contributed by atoms with Crippen molar-refractivity contribution in [3.05, 3.63) is 46.2 Å². The van der Waals surface area contributed by atoms with Crippen molar-refractivity contribution in [2.75, 3.05) is 32.8 Å². The van der Waals surface area contributed by atoms with Crippen LogP contribution in [0.3, 0.4) is 0 Å². The molecule has 1 aliphatic rings. The summed E-state index contributed by atoms with van der Waals surface area (Å²) in [6.45, 7) is 12.0. The maximum Gasteiger partial charge on any atom is 0.251 e. The van der Waals surface area contributed by atoms with E-state index in [4.69, 9.17) is 16.3 Å². The van der Waals surface area contributed by atoms with E-state index in [0.29, 0.717) is 17.1 Å². The van der Waals surface area contributed by atoms with Gasteiger partial charge in [0.05, 0.1) is 35.3 Å². The highest BCUT2D eigenvalue weighted by molar-refractivity contribution is 6.31. The summed E-state index contributed by atoms with van der Waals surface area (Å²) in [4.78, 5) is 14.9. The van der Waals surface area contributed by atoms with E-state index in [0.717, 1.165) is 43.4 Å². The van der Waals surface area contributed by atoms with Crippen molar-refractivity contribution < 1.29 is 9.53 Å². The molecule has 0 unspecified atom stereocenters. The number of morpholine rings is 1. The molecule has 3 rings (SSSR count). The van der Waals surface area contributed by atoms with Crippen LogP contribution in [-0.4, -0.2) is 59.0 Å². The first-order valence-corrected chi connectivity index (χ1v) is 9.60. The molecule has 0 aliphatic carbocycles. The molecule has 0 atom stereocenters. The molecule has 1 fully saturated rings. The van der Waals surface area contributed by atoms with Gasteiger partial charge in [-0.05, 0) is 52.0 Å². The fraction of sp³-hybridized carbons (Fsp3) is 0.500. The van der Waals surface area contributed by atoms with E-state index < -0.39 is 0 Å². The Hall–Kier alpha value is -1.89. The third-order valence-corrected chi connectivity index (χ3v) is 5.67. The van der Waals surface area contributed by atoms with Gasteiger partial charge < -0.3 is 10.1 Å². The molecular formula is C20H27ClN4O2. The Bertz CT molecular complexity index is 808. The van der Waals surface area contributed by atoms with Crippen LogP contribution in [0.25, 0.3) is 5.69 Å². The van der Waals surface area contributed by atoms with Crippen LogP contribution in [0.2, 0.25) is 5.02 Å². The maximum atomic E-state index is 12.5. The van der Waals surface area contributed by atoms with Crippen LogP contribution in [0, 0.1) is 13.8 Å². The lowest BCUT2D eigenvalue weighted by atomic mass is 10.0. The van der Waals surface area contributed by atoms with Gasteiger partial charge >= 0.3 is 0 Å². The van der Waals surface area contributed by atoms with E-state index in [2.05, 4.69) is 29.2 Å². The van der Waals surface area contributed by atoms with Crippen LogP contribution in [0.15, 0.2) is 24.3 Å². The second-order valence-electron chi connectivity index (χ2n) is 7.54. The average Bonchev–Trinajstić information content (AvgIpc) is 2.94. The molecular weight excluding hydrogens is 364 g/mol. The van der Waals surface area contributed by atoms with Crippen LogP contribution in [0.4, 0.5) is 0 Å². The normalized spacial score (nSPS) is 15.7. The van der Waals surface area contributed by atoms with Crippen molar-refractivity contribution in [3.63, 3.8) is 0 Å². The molecule has 1 aromatic heterocycles. The number of hydrogen-bond acceptors (Lipinski definition) is 4. The van der Waals surface area contributed by atoms with E-state index in [1.54, 1.807) is 4.68 Å². The molecule has 1 aromatic carbocycles. The lowest BCUT2D eigenvalue weighted by molar-refractivity contribution is -0.00923. The fourth-order valence-electron chi connectivity index (χ4n) is 3.31. The van der Waals surface area contributed by atoms with Crippen molar-refractivity contribution in [1.82, 2.24) is 20.0 Å². The minimum atomic E-state index is -0.111. The number of aromatic nitrogens is 2. The predicted octanol–water partition coefficient (Wildman–Crippen LogP) is 2.98. The summed E-state index contributed by atoms with van der Waals surface area (Å²) >= 11 is 6.22. The molecule has 0 radical (unpaired) electrons. The molecule has 0 spiro atoms. The molecule has 2 heterocycles. The highest BCUT2D eigenvalue weighted by Gasteiger charge is 2.28. The first-order valence-electron chi connectivity index (χ1n) is 9.23. The van der Waals surface area contributed by atoms with Gasteiger partial charge in [-0.1, -0.05) is 11.6 Å². The number of aryl methyl sites for hydroxylation is 1. The molecule has 1 N–H and O–H groups in total. The van der Waals surface area contributed by atoms with Crippen LogP contribution in [0.1, 0.15) is 35.6 Å².